The lowest BCUT2D eigenvalue weighted by molar-refractivity contribution is 0.170. The molecule has 18 heavy (non-hydrogen) atoms. The highest BCUT2D eigenvalue weighted by molar-refractivity contribution is 9.10. The fourth-order valence-corrected chi connectivity index (χ4v) is 2.54. The van der Waals surface area contributed by atoms with Crippen molar-refractivity contribution in [1.82, 2.24) is 9.78 Å². The van der Waals surface area contributed by atoms with E-state index in [9.17, 15) is 0 Å². The molecule has 0 saturated carbocycles. The Hall–Kier alpha value is -1.69. The normalized spacial score (nSPS) is 13.7. The van der Waals surface area contributed by atoms with E-state index in [0.29, 0.717) is 19.0 Å². The molecule has 2 aromatic rings. The Kier molecular flexibility index (Phi) is 2.66. The zero-order chi connectivity index (χ0) is 12.7. The topological polar surface area (TPSA) is 62.3 Å². The molecule has 0 unspecified atom stereocenters. The molecule has 0 spiro atoms. The molecule has 6 heteroatoms. The molecule has 0 fully saturated rings. The summed E-state index contributed by atoms with van der Waals surface area (Å²) in [6, 6.07) is 5.66. The molecule has 0 radical (unpaired) electrons. The van der Waals surface area contributed by atoms with Crippen molar-refractivity contribution in [2.45, 2.75) is 0 Å². The van der Waals surface area contributed by atoms with Gasteiger partial charge < -0.3 is 15.2 Å². The number of ether oxygens (including phenoxy) is 2. The van der Waals surface area contributed by atoms with Crippen molar-refractivity contribution >= 4 is 21.7 Å². The second kappa shape index (κ2) is 4.20. The first-order valence-electron chi connectivity index (χ1n) is 5.55. The van der Waals surface area contributed by atoms with Crippen LogP contribution < -0.4 is 15.2 Å². The zero-order valence-electron chi connectivity index (χ0n) is 9.81. The first-order valence-corrected chi connectivity index (χ1v) is 6.34. The van der Waals surface area contributed by atoms with Gasteiger partial charge in [0.05, 0.1) is 10.2 Å². The van der Waals surface area contributed by atoms with Gasteiger partial charge in [0.25, 0.3) is 0 Å². The summed E-state index contributed by atoms with van der Waals surface area (Å²) in [5.41, 5.74) is 7.54. The molecule has 0 amide bonds. The molecule has 0 atom stereocenters. The maximum atomic E-state index is 5.80. The predicted octanol–water partition coefficient (Wildman–Crippen LogP) is 2.20. The van der Waals surface area contributed by atoms with Crippen LogP contribution >= 0.6 is 15.9 Å². The lowest BCUT2D eigenvalue weighted by atomic mass is 10.1. The van der Waals surface area contributed by atoms with Crippen LogP contribution in [0.4, 0.5) is 5.82 Å². The van der Waals surface area contributed by atoms with Crippen molar-refractivity contribution in [3.63, 3.8) is 0 Å². The summed E-state index contributed by atoms with van der Waals surface area (Å²) in [4.78, 5) is 0. The van der Waals surface area contributed by atoms with Gasteiger partial charge in [0.15, 0.2) is 11.5 Å². The number of halogens is 1. The number of anilines is 1. The summed E-state index contributed by atoms with van der Waals surface area (Å²) >= 11 is 3.54. The van der Waals surface area contributed by atoms with Crippen molar-refractivity contribution < 1.29 is 9.47 Å². The summed E-state index contributed by atoms with van der Waals surface area (Å²) < 4.78 is 13.6. The van der Waals surface area contributed by atoms with Gasteiger partial charge in [-0.05, 0) is 28.1 Å². The molecule has 3 rings (SSSR count). The number of aromatic nitrogens is 2. The number of nitrogens with zero attached hydrogens (tertiary/aromatic N) is 2. The summed E-state index contributed by atoms with van der Waals surface area (Å²) in [5.74, 6) is 2.09. The molecule has 1 aromatic carbocycles. The Balaban J connectivity index is 2.13. The smallest absolute Gasteiger partial charge is 0.176 e. The zero-order valence-corrected chi connectivity index (χ0v) is 11.4. The highest BCUT2D eigenvalue weighted by atomic mass is 79.9. The van der Waals surface area contributed by atoms with Crippen molar-refractivity contribution in [3.8, 4) is 22.8 Å². The SMILES string of the molecule is Cn1nc(-c2ccc3c(c2Br)OCCO3)cc1N. The van der Waals surface area contributed by atoms with Crippen LogP contribution in [0.1, 0.15) is 0 Å². The van der Waals surface area contributed by atoms with Crippen LogP contribution in [0.3, 0.4) is 0 Å². The minimum Gasteiger partial charge on any atom is -0.486 e. The summed E-state index contributed by atoms with van der Waals surface area (Å²) in [5, 5.41) is 4.36. The number of nitrogen functional groups attached to an aromatic ring is 1. The van der Waals surface area contributed by atoms with E-state index in [2.05, 4.69) is 21.0 Å². The predicted molar refractivity (Wildman–Crippen MR) is 71.7 cm³/mol. The van der Waals surface area contributed by atoms with Crippen LogP contribution in [0, 0.1) is 0 Å². The van der Waals surface area contributed by atoms with Crippen molar-refractivity contribution in [1.29, 1.82) is 0 Å². The van der Waals surface area contributed by atoms with Crippen LogP contribution in [0.5, 0.6) is 11.5 Å². The van der Waals surface area contributed by atoms with Crippen LogP contribution in [0.2, 0.25) is 0 Å². The van der Waals surface area contributed by atoms with E-state index in [1.807, 2.05) is 25.2 Å². The fraction of sp³-hybridized carbons (Fsp3) is 0.250. The van der Waals surface area contributed by atoms with E-state index in [0.717, 1.165) is 27.2 Å². The third kappa shape index (κ3) is 1.73. The van der Waals surface area contributed by atoms with Gasteiger partial charge in [0.2, 0.25) is 0 Å². The van der Waals surface area contributed by atoms with Gasteiger partial charge in [-0.15, -0.1) is 0 Å². The number of aryl methyl sites for hydroxylation is 1. The first-order chi connectivity index (χ1) is 8.66. The largest absolute Gasteiger partial charge is 0.486 e. The van der Waals surface area contributed by atoms with Crippen molar-refractivity contribution in [2.75, 3.05) is 18.9 Å². The molecule has 5 nitrogen and oxygen atoms in total. The van der Waals surface area contributed by atoms with Gasteiger partial charge in [-0.2, -0.15) is 5.10 Å². The Bertz CT molecular complexity index is 590. The van der Waals surface area contributed by atoms with Gasteiger partial charge in [-0.3, -0.25) is 4.68 Å². The maximum absolute atomic E-state index is 5.80. The number of rotatable bonds is 1. The Morgan fingerprint density at radius 2 is 2.11 bits per heavy atom. The average molecular weight is 310 g/mol. The van der Waals surface area contributed by atoms with Crippen LogP contribution in [-0.2, 0) is 7.05 Å². The molecule has 0 aliphatic carbocycles. The van der Waals surface area contributed by atoms with Crippen LogP contribution in [0.15, 0.2) is 22.7 Å². The van der Waals surface area contributed by atoms with Gasteiger partial charge in [-0.25, -0.2) is 0 Å². The molecule has 0 saturated heterocycles. The van der Waals surface area contributed by atoms with Gasteiger partial charge >= 0.3 is 0 Å². The quantitative estimate of drug-likeness (QED) is 0.877. The number of nitrogens with two attached hydrogens (primary N) is 1. The van der Waals surface area contributed by atoms with Gasteiger partial charge in [-0.1, -0.05) is 0 Å². The monoisotopic (exact) mass is 309 g/mol. The molecular formula is C12H12BrN3O2. The number of fused-ring (bicyclic) bond motifs is 1. The van der Waals surface area contributed by atoms with E-state index in [1.165, 1.54) is 0 Å². The summed E-state index contributed by atoms with van der Waals surface area (Å²) in [6.45, 7) is 1.13. The van der Waals surface area contributed by atoms with E-state index in [-0.39, 0.29) is 0 Å². The van der Waals surface area contributed by atoms with E-state index in [1.54, 1.807) is 4.68 Å². The number of benzene rings is 1. The lowest BCUT2D eigenvalue weighted by Crippen LogP contribution is -2.15. The minimum absolute atomic E-state index is 0.555. The highest BCUT2D eigenvalue weighted by Gasteiger charge is 2.19. The van der Waals surface area contributed by atoms with Gasteiger partial charge in [0, 0.05) is 18.7 Å². The minimum atomic E-state index is 0.555. The molecule has 94 valence electrons. The third-order valence-electron chi connectivity index (χ3n) is 2.84. The van der Waals surface area contributed by atoms with Gasteiger partial charge in [0.1, 0.15) is 19.0 Å². The average Bonchev–Trinajstić information content (AvgIpc) is 2.70. The third-order valence-corrected chi connectivity index (χ3v) is 3.63. The Labute approximate surface area is 113 Å². The van der Waals surface area contributed by atoms with E-state index >= 15 is 0 Å². The summed E-state index contributed by atoms with van der Waals surface area (Å²) in [7, 11) is 1.81. The second-order valence-electron chi connectivity index (χ2n) is 4.03. The number of hydrogen-bond acceptors (Lipinski definition) is 4. The Morgan fingerprint density at radius 1 is 1.33 bits per heavy atom. The molecule has 2 heterocycles. The van der Waals surface area contributed by atoms with E-state index < -0.39 is 0 Å². The summed E-state index contributed by atoms with van der Waals surface area (Å²) in [6.07, 6.45) is 0. The molecular weight excluding hydrogens is 298 g/mol. The molecule has 0 bridgehead atoms. The first kappa shape index (κ1) is 11.4. The molecule has 2 N–H and O–H groups in total. The van der Waals surface area contributed by atoms with Crippen LogP contribution in [-0.4, -0.2) is 23.0 Å². The Morgan fingerprint density at radius 3 is 2.83 bits per heavy atom. The highest BCUT2D eigenvalue weighted by Crippen LogP contribution is 2.43. The molecule has 1 aliphatic heterocycles. The lowest BCUT2D eigenvalue weighted by Gasteiger charge is -2.20. The van der Waals surface area contributed by atoms with E-state index in [4.69, 9.17) is 15.2 Å². The van der Waals surface area contributed by atoms with Crippen molar-refractivity contribution in [3.05, 3.63) is 22.7 Å². The maximum Gasteiger partial charge on any atom is 0.176 e. The standard InChI is InChI=1S/C12H12BrN3O2/c1-16-10(14)6-8(15-16)7-2-3-9-12(11(7)13)18-5-4-17-9/h2-3,6H,4-5,14H2,1H3. The molecule has 1 aliphatic rings. The van der Waals surface area contributed by atoms with Crippen molar-refractivity contribution in [2.24, 2.45) is 7.05 Å². The molecule has 1 aromatic heterocycles. The second-order valence-corrected chi connectivity index (χ2v) is 4.82. The van der Waals surface area contributed by atoms with Crippen LogP contribution in [0.25, 0.3) is 11.3 Å². The fourth-order valence-electron chi connectivity index (χ4n) is 1.89. The number of hydrogen-bond donors (Lipinski definition) is 1.